The number of nitrogens with zero attached hydrogens (tertiary/aromatic N) is 5. The minimum atomic E-state index is -3.48. The molecule has 9 nitrogen and oxygen atoms in total. The van der Waals surface area contributed by atoms with Crippen LogP contribution in [-0.2, 0) is 16.4 Å². The molecule has 0 aliphatic carbocycles. The predicted molar refractivity (Wildman–Crippen MR) is 103 cm³/mol. The molecular weight excluding hydrogens is 402 g/mol. The van der Waals surface area contributed by atoms with Crippen LogP contribution in [0.3, 0.4) is 0 Å². The molecule has 0 saturated carbocycles. The normalized spacial score (nSPS) is 11.6. The Balaban J connectivity index is 1.35. The first-order valence-electron chi connectivity index (χ1n) is 8.21. The molecule has 0 fully saturated rings. The number of benzene rings is 2. The molecule has 11 heteroatoms. The number of sulfone groups is 1. The SMILES string of the molecule is CS(=O)(=O)c1nnnn1CCOc1ccc(Oc2nc3ccccc3s2)cc1. The van der Waals surface area contributed by atoms with E-state index in [4.69, 9.17) is 9.47 Å². The maximum Gasteiger partial charge on any atom is 0.279 e. The van der Waals surface area contributed by atoms with E-state index in [9.17, 15) is 8.42 Å². The zero-order chi connectivity index (χ0) is 19.6. The fourth-order valence-electron chi connectivity index (χ4n) is 2.45. The minimum absolute atomic E-state index is 0.185. The van der Waals surface area contributed by atoms with Gasteiger partial charge in [0.05, 0.1) is 16.8 Å². The molecular formula is C17H15N5O4S2. The number of thiazole rings is 1. The summed E-state index contributed by atoms with van der Waals surface area (Å²) in [4.78, 5) is 4.43. The molecule has 144 valence electrons. The Morgan fingerprint density at radius 3 is 2.57 bits per heavy atom. The second-order valence-corrected chi connectivity index (χ2v) is 8.73. The summed E-state index contributed by atoms with van der Waals surface area (Å²) >= 11 is 1.48. The van der Waals surface area contributed by atoms with Crippen LogP contribution in [0.2, 0.25) is 0 Å². The third-order valence-electron chi connectivity index (χ3n) is 3.71. The van der Waals surface area contributed by atoms with Crippen LogP contribution >= 0.6 is 11.3 Å². The van der Waals surface area contributed by atoms with Crippen molar-refractivity contribution in [3.05, 3.63) is 48.5 Å². The number of fused-ring (bicyclic) bond motifs is 1. The van der Waals surface area contributed by atoms with Crippen molar-refractivity contribution < 1.29 is 17.9 Å². The minimum Gasteiger partial charge on any atom is -0.492 e. The van der Waals surface area contributed by atoms with Crippen molar-refractivity contribution in [1.82, 2.24) is 25.2 Å². The standard InChI is InChI=1S/C17H15N5O4S2/c1-28(23,24)16-19-20-21-22(16)10-11-25-12-6-8-13(9-7-12)26-17-18-14-4-2-3-5-15(14)27-17/h2-9H,10-11H2,1H3. The number of rotatable bonds is 7. The Morgan fingerprint density at radius 1 is 1.07 bits per heavy atom. The van der Waals surface area contributed by atoms with Gasteiger partial charge in [0.25, 0.3) is 10.4 Å². The van der Waals surface area contributed by atoms with Crippen molar-refractivity contribution in [3.63, 3.8) is 0 Å². The Morgan fingerprint density at radius 2 is 1.82 bits per heavy atom. The summed E-state index contributed by atoms with van der Waals surface area (Å²) < 4.78 is 36.8. The van der Waals surface area contributed by atoms with Gasteiger partial charge in [-0.05, 0) is 46.8 Å². The first-order valence-corrected chi connectivity index (χ1v) is 10.9. The lowest BCUT2D eigenvalue weighted by molar-refractivity contribution is 0.283. The Hall–Kier alpha value is -3.05. The molecule has 0 amide bonds. The Kier molecular flexibility index (Phi) is 4.92. The number of tetrazole rings is 1. The molecule has 0 unspecified atom stereocenters. The fourth-order valence-corrected chi connectivity index (χ4v) is 3.98. The zero-order valence-corrected chi connectivity index (χ0v) is 16.4. The summed E-state index contributed by atoms with van der Waals surface area (Å²) in [6.45, 7) is 0.422. The lowest BCUT2D eigenvalue weighted by Crippen LogP contribution is -2.15. The molecule has 0 bridgehead atoms. The monoisotopic (exact) mass is 417 g/mol. The van der Waals surface area contributed by atoms with Gasteiger partial charge in [0.15, 0.2) is 0 Å². The number of hydrogen-bond acceptors (Lipinski definition) is 9. The van der Waals surface area contributed by atoms with Gasteiger partial charge in [-0.1, -0.05) is 28.6 Å². The van der Waals surface area contributed by atoms with Crippen molar-refractivity contribution in [3.8, 4) is 16.7 Å². The summed E-state index contributed by atoms with van der Waals surface area (Å²) in [6.07, 6.45) is 1.06. The van der Waals surface area contributed by atoms with E-state index < -0.39 is 9.84 Å². The van der Waals surface area contributed by atoms with E-state index in [1.807, 2.05) is 24.3 Å². The van der Waals surface area contributed by atoms with Gasteiger partial charge < -0.3 is 9.47 Å². The van der Waals surface area contributed by atoms with Crippen LogP contribution in [-0.4, -0.2) is 46.5 Å². The highest BCUT2D eigenvalue weighted by Crippen LogP contribution is 2.31. The summed E-state index contributed by atoms with van der Waals surface area (Å²) in [7, 11) is -3.48. The number of para-hydroxylation sites is 1. The molecule has 0 N–H and O–H groups in total. The highest BCUT2D eigenvalue weighted by Gasteiger charge is 2.17. The van der Waals surface area contributed by atoms with Crippen molar-refractivity contribution in [2.24, 2.45) is 0 Å². The number of hydrogen-bond donors (Lipinski definition) is 0. The first kappa shape index (κ1) is 18.3. The summed E-state index contributed by atoms with van der Waals surface area (Å²) in [5.74, 6) is 1.26. The van der Waals surface area contributed by atoms with Gasteiger partial charge in [0, 0.05) is 6.26 Å². The summed E-state index contributed by atoms with van der Waals surface area (Å²) in [6, 6.07) is 14.9. The molecule has 4 rings (SSSR count). The van der Waals surface area contributed by atoms with E-state index in [1.165, 1.54) is 16.0 Å². The lowest BCUT2D eigenvalue weighted by atomic mass is 10.3. The third kappa shape index (κ3) is 4.10. The summed E-state index contributed by atoms with van der Waals surface area (Å²) in [5, 5.41) is 11.0. The molecule has 2 heterocycles. The van der Waals surface area contributed by atoms with Gasteiger partial charge in [0.1, 0.15) is 18.1 Å². The maximum atomic E-state index is 11.6. The maximum absolute atomic E-state index is 11.6. The largest absolute Gasteiger partial charge is 0.492 e. The second-order valence-electron chi connectivity index (χ2n) is 5.83. The highest BCUT2D eigenvalue weighted by atomic mass is 32.2. The van der Waals surface area contributed by atoms with Crippen LogP contribution < -0.4 is 9.47 Å². The molecule has 0 aliphatic heterocycles. The zero-order valence-electron chi connectivity index (χ0n) is 14.7. The molecule has 4 aromatic rings. The van der Waals surface area contributed by atoms with E-state index in [0.29, 0.717) is 16.7 Å². The topological polar surface area (TPSA) is 109 Å². The van der Waals surface area contributed by atoms with Crippen LogP contribution in [0.1, 0.15) is 0 Å². The second kappa shape index (κ2) is 7.52. The molecule has 0 spiro atoms. The first-order chi connectivity index (χ1) is 13.5. The predicted octanol–water partition coefficient (Wildman–Crippen LogP) is 2.56. The van der Waals surface area contributed by atoms with Gasteiger partial charge >= 0.3 is 0 Å². The molecule has 0 radical (unpaired) electrons. The molecule has 0 saturated heterocycles. The Labute approximate surface area is 164 Å². The third-order valence-corrected chi connectivity index (χ3v) is 5.58. The van der Waals surface area contributed by atoms with Crippen LogP contribution in [0, 0.1) is 0 Å². The van der Waals surface area contributed by atoms with Crippen molar-refractivity contribution in [2.75, 3.05) is 12.9 Å². The molecule has 2 aromatic carbocycles. The lowest BCUT2D eigenvalue weighted by Gasteiger charge is -2.08. The van der Waals surface area contributed by atoms with Gasteiger partial charge in [-0.2, -0.15) is 0 Å². The Bertz CT molecular complexity index is 1170. The van der Waals surface area contributed by atoms with Gasteiger partial charge in [-0.25, -0.2) is 18.1 Å². The van der Waals surface area contributed by atoms with Crippen molar-refractivity contribution >= 4 is 31.4 Å². The summed E-state index contributed by atoms with van der Waals surface area (Å²) in [5.41, 5.74) is 0.901. The molecule has 2 aromatic heterocycles. The highest BCUT2D eigenvalue weighted by molar-refractivity contribution is 7.90. The van der Waals surface area contributed by atoms with Crippen molar-refractivity contribution in [1.29, 1.82) is 0 Å². The van der Waals surface area contributed by atoms with Crippen molar-refractivity contribution in [2.45, 2.75) is 11.7 Å². The van der Waals surface area contributed by atoms with E-state index >= 15 is 0 Å². The van der Waals surface area contributed by atoms with Gasteiger partial charge in [-0.15, -0.1) is 0 Å². The smallest absolute Gasteiger partial charge is 0.279 e. The quantitative estimate of drug-likeness (QED) is 0.451. The fraction of sp³-hybridized carbons (Fsp3) is 0.176. The van der Waals surface area contributed by atoms with E-state index in [2.05, 4.69) is 20.5 Å². The van der Waals surface area contributed by atoms with E-state index in [0.717, 1.165) is 16.5 Å². The molecule has 0 aliphatic rings. The number of aromatic nitrogens is 5. The molecule has 0 atom stereocenters. The van der Waals surface area contributed by atoms with E-state index in [1.54, 1.807) is 24.3 Å². The van der Waals surface area contributed by atoms with Gasteiger partial charge in [-0.3, -0.25) is 0 Å². The average Bonchev–Trinajstić information content (AvgIpc) is 3.29. The van der Waals surface area contributed by atoms with E-state index in [-0.39, 0.29) is 18.3 Å². The average molecular weight is 417 g/mol. The molecule has 28 heavy (non-hydrogen) atoms. The van der Waals surface area contributed by atoms with Gasteiger partial charge in [0.2, 0.25) is 9.84 Å². The van der Waals surface area contributed by atoms with Crippen LogP contribution in [0.15, 0.2) is 53.7 Å². The number of ether oxygens (including phenoxy) is 2. The van der Waals surface area contributed by atoms with Crippen LogP contribution in [0.25, 0.3) is 10.2 Å². The van der Waals surface area contributed by atoms with Crippen LogP contribution in [0.5, 0.6) is 16.7 Å². The van der Waals surface area contributed by atoms with Crippen LogP contribution in [0.4, 0.5) is 0 Å².